The molecule has 1 unspecified atom stereocenters. The first kappa shape index (κ1) is 30.1. The van der Waals surface area contributed by atoms with Crippen molar-refractivity contribution in [1.29, 1.82) is 0 Å². The second-order valence-electron chi connectivity index (χ2n) is 12.8. The molecule has 0 spiro atoms. The van der Waals surface area contributed by atoms with E-state index in [1.165, 1.54) is 30.0 Å². The molecule has 5 N–H and O–H groups in total. The molecule has 1 aliphatic carbocycles. The Kier molecular flexibility index (Phi) is 8.64. The van der Waals surface area contributed by atoms with Crippen molar-refractivity contribution in [2.24, 2.45) is 10.9 Å². The molecule has 1 saturated heterocycles. The Morgan fingerprint density at radius 3 is 2.36 bits per heavy atom. The Morgan fingerprint density at radius 2 is 1.73 bits per heavy atom. The molecule has 2 aliphatic heterocycles. The summed E-state index contributed by atoms with van der Waals surface area (Å²) < 4.78 is 13.6. The minimum atomic E-state index is -0.899. The second kappa shape index (κ2) is 12.6. The van der Waals surface area contributed by atoms with Crippen molar-refractivity contribution in [3.8, 4) is 0 Å². The summed E-state index contributed by atoms with van der Waals surface area (Å²) in [6.07, 6.45) is 7.72. The van der Waals surface area contributed by atoms with Crippen LogP contribution in [-0.2, 0) is 0 Å². The van der Waals surface area contributed by atoms with E-state index in [1.54, 1.807) is 6.20 Å². The number of fused-ring (bicyclic) bond motifs is 1. The van der Waals surface area contributed by atoms with E-state index in [1.807, 2.05) is 6.92 Å². The molecule has 3 heterocycles. The van der Waals surface area contributed by atoms with Crippen molar-refractivity contribution in [1.82, 2.24) is 15.2 Å². The molecule has 1 aromatic heterocycles. The van der Waals surface area contributed by atoms with Crippen LogP contribution in [0.25, 0.3) is 0 Å². The number of aliphatic imine (C=N–C) groups is 1. The topological polar surface area (TPSA) is 108 Å². The van der Waals surface area contributed by atoms with E-state index in [0.29, 0.717) is 40.3 Å². The first-order chi connectivity index (χ1) is 21.2. The Bertz CT molecular complexity index is 1470. The number of halogens is 1. The van der Waals surface area contributed by atoms with E-state index >= 15 is 0 Å². The van der Waals surface area contributed by atoms with Gasteiger partial charge in [-0.2, -0.15) is 0 Å². The Morgan fingerprint density at radius 1 is 1.05 bits per heavy atom. The summed E-state index contributed by atoms with van der Waals surface area (Å²) in [5, 5.41) is 20.3. The smallest absolute Gasteiger partial charge is 0.205 e. The molecule has 1 atom stereocenters. The summed E-state index contributed by atoms with van der Waals surface area (Å²) in [4.78, 5) is 26.7. The zero-order valence-corrected chi connectivity index (χ0v) is 25.9. The number of rotatable bonds is 8. The van der Waals surface area contributed by atoms with Gasteiger partial charge in [0.05, 0.1) is 11.1 Å². The van der Waals surface area contributed by atoms with E-state index in [4.69, 9.17) is 4.99 Å². The highest BCUT2D eigenvalue weighted by atomic mass is 19.1. The number of H-pyrrole nitrogens is 1. The van der Waals surface area contributed by atoms with Gasteiger partial charge in [0.15, 0.2) is 5.78 Å². The SMILES string of the molecule is CN(C)C1CCN(c2ccc(NC3(C)N=C(NC4CCC(CO)CC4)c4c(C(=O)c5ccc(F)cc5)c[nH]c4N3)cc2)CC1. The predicted molar refractivity (Wildman–Crippen MR) is 174 cm³/mol. The van der Waals surface area contributed by atoms with Crippen molar-refractivity contribution in [2.45, 2.75) is 63.3 Å². The molecule has 6 rings (SSSR count). The average molecular weight is 602 g/mol. The van der Waals surface area contributed by atoms with Crippen LogP contribution >= 0.6 is 0 Å². The van der Waals surface area contributed by atoms with Crippen LogP contribution in [0.15, 0.2) is 59.7 Å². The highest BCUT2D eigenvalue weighted by Gasteiger charge is 2.36. The van der Waals surface area contributed by atoms with E-state index in [2.05, 4.69) is 69.1 Å². The number of aliphatic hydroxyl groups is 1. The van der Waals surface area contributed by atoms with Gasteiger partial charge in [-0.25, -0.2) is 9.38 Å². The molecule has 3 aromatic rings. The van der Waals surface area contributed by atoms with E-state index in [9.17, 15) is 14.3 Å². The number of aromatic amines is 1. The zero-order chi connectivity index (χ0) is 30.8. The van der Waals surface area contributed by atoms with Crippen molar-refractivity contribution in [3.63, 3.8) is 0 Å². The van der Waals surface area contributed by atoms with Crippen molar-refractivity contribution >= 4 is 28.8 Å². The van der Waals surface area contributed by atoms with E-state index in [-0.39, 0.29) is 24.2 Å². The lowest BCUT2D eigenvalue weighted by atomic mass is 9.86. The maximum absolute atomic E-state index is 13.6. The van der Waals surface area contributed by atoms with Crippen LogP contribution in [0.5, 0.6) is 0 Å². The molecule has 3 aliphatic rings. The van der Waals surface area contributed by atoms with Crippen LogP contribution < -0.4 is 20.9 Å². The van der Waals surface area contributed by atoms with Gasteiger partial charge in [-0.05, 0) is 114 Å². The standard InChI is InChI=1S/C34H44FN7O2/c1-34(38-26-12-14-28(15-13-26)42-18-16-27(17-19-42)41(2)3)39-32-30(33(40-34)37-25-10-4-22(21-43)5-11-25)29(20-36-32)31(44)23-6-8-24(35)9-7-23/h6-9,12-15,20,22,25,27,36,38-39,43H,4-5,10-11,16-19,21H2,1-3H3,(H,37,40). The largest absolute Gasteiger partial charge is 0.396 e. The Hall–Kier alpha value is -3.89. The summed E-state index contributed by atoms with van der Waals surface area (Å²) in [5.74, 6) is 0.163. The maximum Gasteiger partial charge on any atom is 0.205 e. The first-order valence-electron chi connectivity index (χ1n) is 15.8. The van der Waals surface area contributed by atoms with Gasteiger partial charge in [-0.1, -0.05) is 0 Å². The number of hydrogen-bond donors (Lipinski definition) is 5. The third-order valence-electron chi connectivity index (χ3n) is 9.43. The number of hydrogen-bond acceptors (Lipinski definition) is 8. The summed E-state index contributed by atoms with van der Waals surface area (Å²) in [5.41, 5.74) is 3.71. The van der Waals surface area contributed by atoms with Gasteiger partial charge in [0, 0.05) is 54.9 Å². The number of piperidine rings is 1. The van der Waals surface area contributed by atoms with Gasteiger partial charge in [0.2, 0.25) is 5.79 Å². The molecular weight excluding hydrogens is 557 g/mol. The molecule has 44 heavy (non-hydrogen) atoms. The average Bonchev–Trinajstić information content (AvgIpc) is 3.45. The second-order valence-corrected chi connectivity index (χ2v) is 12.8. The van der Waals surface area contributed by atoms with Gasteiger partial charge < -0.3 is 35.8 Å². The van der Waals surface area contributed by atoms with Crippen LogP contribution in [0.3, 0.4) is 0 Å². The third-order valence-corrected chi connectivity index (χ3v) is 9.43. The van der Waals surface area contributed by atoms with E-state index in [0.717, 1.165) is 57.3 Å². The fourth-order valence-electron chi connectivity index (χ4n) is 6.78. The number of nitrogens with one attached hydrogen (secondary N) is 4. The minimum Gasteiger partial charge on any atom is -0.396 e. The monoisotopic (exact) mass is 601 g/mol. The lowest BCUT2D eigenvalue weighted by Crippen LogP contribution is -2.49. The number of benzene rings is 2. The van der Waals surface area contributed by atoms with Gasteiger partial charge in [-0.3, -0.25) is 4.79 Å². The zero-order valence-electron chi connectivity index (χ0n) is 25.9. The minimum absolute atomic E-state index is 0.173. The molecule has 234 valence electrons. The molecule has 0 bridgehead atoms. The highest BCUT2D eigenvalue weighted by molar-refractivity contribution is 6.19. The number of aliphatic hydroxyl groups excluding tert-OH is 1. The summed E-state index contributed by atoms with van der Waals surface area (Å²) >= 11 is 0. The molecule has 2 aromatic carbocycles. The van der Waals surface area contributed by atoms with Crippen LogP contribution in [0.1, 0.15) is 66.9 Å². The van der Waals surface area contributed by atoms with E-state index < -0.39 is 5.79 Å². The van der Waals surface area contributed by atoms with Crippen LogP contribution in [0, 0.1) is 11.7 Å². The Labute approximate surface area is 258 Å². The number of nitrogens with zero attached hydrogens (tertiary/aromatic N) is 3. The van der Waals surface area contributed by atoms with Gasteiger partial charge >= 0.3 is 0 Å². The Balaban J connectivity index is 1.24. The molecule has 1 saturated carbocycles. The van der Waals surface area contributed by atoms with Crippen LogP contribution in [0.4, 0.5) is 21.6 Å². The number of amidine groups is 1. The molecule has 0 radical (unpaired) electrons. The summed E-state index contributed by atoms with van der Waals surface area (Å²) in [7, 11) is 4.32. The molecule has 0 amide bonds. The van der Waals surface area contributed by atoms with Crippen molar-refractivity contribution < 1.29 is 14.3 Å². The molecule has 2 fully saturated rings. The van der Waals surface area contributed by atoms with Crippen LogP contribution in [-0.4, -0.2) is 78.3 Å². The quantitative estimate of drug-likeness (QED) is 0.231. The molecular formula is C34H44FN7O2. The molecule has 10 heteroatoms. The van der Waals surface area contributed by atoms with Crippen LogP contribution in [0.2, 0.25) is 0 Å². The third kappa shape index (κ3) is 6.46. The van der Waals surface area contributed by atoms with Gasteiger partial charge in [0.25, 0.3) is 0 Å². The molecule has 9 nitrogen and oxygen atoms in total. The first-order valence-corrected chi connectivity index (χ1v) is 15.8. The predicted octanol–water partition coefficient (Wildman–Crippen LogP) is 5.01. The number of anilines is 3. The summed E-state index contributed by atoms with van der Waals surface area (Å²) in [6, 6.07) is 14.9. The number of carbonyl (C=O) groups excluding carboxylic acids is 1. The van der Waals surface area contributed by atoms with Gasteiger partial charge in [-0.15, -0.1) is 0 Å². The summed E-state index contributed by atoms with van der Waals surface area (Å²) in [6.45, 7) is 4.28. The highest BCUT2D eigenvalue weighted by Crippen LogP contribution is 2.33. The van der Waals surface area contributed by atoms with Crippen molar-refractivity contribution in [2.75, 3.05) is 49.3 Å². The fraction of sp³-hybridized carbons (Fsp3) is 0.471. The normalized spacial score (nSPS) is 24.0. The number of aromatic nitrogens is 1. The fourth-order valence-corrected chi connectivity index (χ4v) is 6.78. The number of ketones is 1. The van der Waals surface area contributed by atoms with Crippen molar-refractivity contribution in [3.05, 3.63) is 77.2 Å². The lowest BCUT2D eigenvalue weighted by molar-refractivity contribution is 0.103. The maximum atomic E-state index is 13.6. The van der Waals surface area contributed by atoms with Gasteiger partial charge in [0.1, 0.15) is 17.5 Å². The lowest BCUT2D eigenvalue weighted by Gasteiger charge is -2.37. The number of carbonyl (C=O) groups is 1.